The maximum Gasteiger partial charge on any atom is 0.324 e. The zero-order valence-electron chi connectivity index (χ0n) is 19.0. The number of carbonyl (C=O) groups is 2. The molecule has 174 valence electrons. The fourth-order valence-corrected chi connectivity index (χ4v) is 2.87. The van der Waals surface area contributed by atoms with Gasteiger partial charge in [-0.2, -0.15) is 0 Å². The van der Waals surface area contributed by atoms with E-state index >= 15 is 0 Å². The molecule has 7 nitrogen and oxygen atoms in total. The highest BCUT2D eigenvalue weighted by Gasteiger charge is 2.25. The molecule has 1 heterocycles. The standard InChI is InChI=1S/C19H27FN4O3.C4H10/c20-16-7-6-15(10-17(16)27-13-14-4-5-14)11-22-21-8-2-1-3-9-24-12-18(25)23-19(24)26;1-4(2)3/h6-7,10,14,21-22H,1-5,8-9,11-13H2,(H,23,25,26);4H,1-3H3. The Balaban J connectivity index is 0.000000785. The molecule has 0 atom stereocenters. The molecule has 2 aliphatic rings. The summed E-state index contributed by atoms with van der Waals surface area (Å²) in [7, 11) is 0. The summed E-state index contributed by atoms with van der Waals surface area (Å²) in [5, 5.41) is 2.27. The third kappa shape index (κ3) is 10.6. The second kappa shape index (κ2) is 13.3. The van der Waals surface area contributed by atoms with E-state index in [1.165, 1.54) is 23.8 Å². The Hall–Kier alpha value is -2.19. The molecule has 1 aliphatic carbocycles. The average molecular weight is 437 g/mol. The SMILES string of the molecule is CC(C)C.O=C1CN(CCCCCNNCc2ccc(F)c(OCC3CC3)c2)C(=O)N1. The van der Waals surface area contributed by atoms with Crippen molar-refractivity contribution in [2.24, 2.45) is 11.8 Å². The van der Waals surface area contributed by atoms with Gasteiger partial charge >= 0.3 is 6.03 Å². The number of benzene rings is 1. The number of imide groups is 1. The molecule has 0 bridgehead atoms. The van der Waals surface area contributed by atoms with Crippen LogP contribution in [-0.2, 0) is 11.3 Å². The molecule has 1 saturated carbocycles. The summed E-state index contributed by atoms with van der Waals surface area (Å²) >= 11 is 0. The average Bonchev–Trinajstić information content (AvgIpc) is 3.47. The molecule has 0 radical (unpaired) electrons. The number of urea groups is 1. The summed E-state index contributed by atoms with van der Waals surface area (Å²) in [6.07, 6.45) is 5.13. The molecule has 2 fully saturated rings. The Bertz CT molecular complexity index is 707. The maximum absolute atomic E-state index is 13.8. The van der Waals surface area contributed by atoms with E-state index in [2.05, 4.69) is 36.9 Å². The monoisotopic (exact) mass is 436 g/mol. The predicted molar refractivity (Wildman–Crippen MR) is 119 cm³/mol. The van der Waals surface area contributed by atoms with Gasteiger partial charge in [-0.3, -0.25) is 21.0 Å². The quantitative estimate of drug-likeness (QED) is 0.265. The van der Waals surface area contributed by atoms with Gasteiger partial charge < -0.3 is 9.64 Å². The van der Waals surface area contributed by atoms with E-state index < -0.39 is 0 Å². The maximum atomic E-state index is 13.8. The Morgan fingerprint density at radius 3 is 2.55 bits per heavy atom. The van der Waals surface area contributed by atoms with Crippen molar-refractivity contribution >= 4 is 11.9 Å². The van der Waals surface area contributed by atoms with Crippen LogP contribution in [0, 0.1) is 17.7 Å². The van der Waals surface area contributed by atoms with Crippen LogP contribution in [0.5, 0.6) is 5.75 Å². The highest BCUT2D eigenvalue weighted by Crippen LogP contribution is 2.30. The van der Waals surface area contributed by atoms with Gasteiger partial charge in [-0.15, -0.1) is 0 Å². The molecular weight excluding hydrogens is 399 g/mol. The van der Waals surface area contributed by atoms with Crippen LogP contribution < -0.4 is 20.9 Å². The Kier molecular flexibility index (Phi) is 10.7. The van der Waals surface area contributed by atoms with Crippen molar-refractivity contribution in [1.29, 1.82) is 0 Å². The smallest absolute Gasteiger partial charge is 0.324 e. The van der Waals surface area contributed by atoms with Gasteiger partial charge in [0.15, 0.2) is 11.6 Å². The molecule has 0 spiro atoms. The molecule has 0 aromatic heterocycles. The third-order valence-corrected chi connectivity index (χ3v) is 4.68. The van der Waals surface area contributed by atoms with Gasteiger partial charge in [-0.25, -0.2) is 9.18 Å². The van der Waals surface area contributed by atoms with Crippen molar-refractivity contribution in [2.45, 2.75) is 59.4 Å². The van der Waals surface area contributed by atoms with Gasteiger partial charge in [-0.05, 0) is 55.2 Å². The third-order valence-electron chi connectivity index (χ3n) is 4.68. The topological polar surface area (TPSA) is 82.7 Å². The van der Waals surface area contributed by atoms with E-state index in [0.717, 1.165) is 37.3 Å². The molecule has 8 heteroatoms. The largest absolute Gasteiger partial charge is 0.490 e. The number of hydrazine groups is 1. The number of rotatable bonds is 12. The summed E-state index contributed by atoms with van der Waals surface area (Å²) in [6.45, 7) is 9.24. The predicted octanol–water partition coefficient (Wildman–Crippen LogP) is 3.59. The number of nitrogens with zero attached hydrogens (tertiary/aromatic N) is 1. The van der Waals surface area contributed by atoms with E-state index in [4.69, 9.17) is 4.74 Å². The number of amides is 3. The van der Waals surface area contributed by atoms with Crippen molar-refractivity contribution in [1.82, 2.24) is 21.1 Å². The zero-order chi connectivity index (χ0) is 22.6. The lowest BCUT2D eigenvalue weighted by Crippen LogP contribution is -2.32. The highest BCUT2D eigenvalue weighted by molar-refractivity contribution is 6.01. The van der Waals surface area contributed by atoms with Crippen LogP contribution >= 0.6 is 0 Å². The van der Waals surface area contributed by atoms with Crippen LogP contribution in [0.4, 0.5) is 9.18 Å². The molecule has 3 rings (SSSR count). The number of hydrogen-bond donors (Lipinski definition) is 3. The van der Waals surface area contributed by atoms with Crippen molar-refractivity contribution in [3.63, 3.8) is 0 Å². The Morgan fingerprint density at radius 2 is 1.90 bits per heavy atom. The van der Waals surface area contributed by atoms with Gasteiger partial charge in [0, 0.05) is 19.6 Å². The first kappa shape index (κ1) is 25.1. The first-order valence-electron chi connectivity index (χ1n) is 11.3. The molecule has 3 N–H and O–H groups in total. The molecule has 31 heavy (non-hydrogen) atoms. The Labute approximate surface area is 185 Å². The Morgan fingerprint density at radius 1 is 1.16 bits per heavy atom. The number of carbonyl (C=O) groups excluding carboxylic acids is 2. The van der Waals surface area contributed by atoms with Crippen molar-refractivity contribution < 1.29 is 18.7 Å². The molecule has 0 unspecified atom stereocenters. The number of ether oxygens (including phenoxy) is 1. The summed E-state index contributed by atoms with van der Waals surface area (Å²) < 4.78 is 19.3. The van der Waals surface area contributed by atoms with Crippen LogP contribution in [0.3, 0.4) is 0 Å². The number of nitrogens with one attached hydrogen (secondary N) is 3. The molecular formula is C23H37FN4O3. The fourth-order valence-electron chi connectivity index (χ4n) is 2.87. The van der Waals surface area contributed by atoms with Crippen LogP contribution in [-0.4, -0.2) is 43.1 Å². The first-order chi connectivity index (χ1) is 14.8. The van der Waals surface area contributed by atoms with E-state index in [9.17, 15) is 14.0 Å². The number of unbranched alkanes of at least 4 members (excludes halogenated alkanes) is 2. The fraction of sp³-hybridized carbons (Fsp3) is 0.652. The molecule has 1 aromatic carbocycles. The van der Waals surface area contributed by atoms with Crippen LogP contribution in [0.15, 0.2) is 18.2 Å². The molecule has 1 aromatic rings. The van der Waals surface area contributed by atoms with E-state index in [1.54, 1.807) is 12.1 Å². The normalized spacial score (nSPS) is 15.7. The second-order valence-corrected chi connectivity index (χ2v) is 8.87. The lowest BCUT2D eigenvalue weighted by atomic mass is 10.2. The van der Waals surface area contributed by atoms with Gasteiger partial charge in [0.05, 0.1) is 6.61 Å². The lowest BCUT2D eigenvalue weighted by molar-refractivity contribution is -0.118. The van der Waals surface area contributed by atoms with E-state index in [0.29, 0.717) is 31.4 Å². The summed E-state index contributed by atoms with van der Waals surface area (Å²) in [5.74, 6) is 1.20. The molecule has 1 aliphatic heterocycles. The van der Waals surface area contributed by atoms with Crippen LogP contribution in [0.2, 0.25) is 0 Å². The zero-order valence-corrected chi connectivity index (χ0v) is 19.0. The first-order valence-corrected chi connectivity index (χ1v) is 11.3. The van der Waals surface area contributed by atoms with E-state index in [1.807, 2.05) is 0 Å². The van der Waals surface area contributed by atoms with E-state index in [-0.39, 0.29) is 24.3 Å². The van der Waals surface area contributed by atoms with Gasteiger partial charge in [-0.1, -0.05) is 33.3 Å². The van der Waals surface area contributed by atoms with Crippen molar-refractivity contribution in [3.05, 3.63) is 29.6 Å². The minimum Gasteiger partial charge on any atom is -0.490 e. The minimum atomic E-state index is -0.319. The second-order valence-electron chi connectivity index (χ2n) is 8.87. The van der Waals surface area contributed by atoms with Crippen LogP contribution in [0.25, 0.3) is 0 Å². The lowest BCUT2D eigenvalue weighted by Gasteiger charge is -2.13. The summed E-state index contributed by atoms with van der Waals surface area (Å²) in [4.78, 5) is 24.0. The van der Waals surface area contributed by atoms with Gasteiger partial charge in [0.2, 0.25) is 5.91 Å². The highest BCUT2D eigenvalue weighted by atomic mass is 19.1. The summed E-state index contributed by atoms with van der Waals surface area (Å²) in [5.41, 5.74) is 7.22. The van der Waals surface area contributed by atoms with Crippen LogP contribution in [0.1, 0.15) is 58.4 Å². The number of hydrogen-bond acceptors (Lipinski definition) is 5. The summed E-state index contributed by atoms with van der Waals surface area (Å²) in [6, 6.07) is 4.64. The minimum absolute atomic E-state index is 0.169. The van der Waals surface area contributed by atoms with Crippen molar-refractivity contribution in [3.8, 4) is 5.75 Å². The van der Waals surface area contributed by atoms with Gasteiger partial charge in [0.25, 0.3) is 0 Å². The number of halogens is 1. The molecule has 3 amide bonds. The van der Waals surface area contributed by atoms with Crippen molar-refractivity contribution in [2.75, 3.05) is 26.2 Å². The molecule has 1 saturated heterocycles. The van der Waals surface area contributed by atoms with Gasteiger partial charge in [0.1, 0.15) is 6.54 Å².